The average molecular weight is 370 g/mol. The number of carbonyl (C=O) groups excluding carboxylic acids is 2. The second-order valence-electron chi connectivity index (χ2n) is 6.21. The lowest BCUT2D eigenvalue weighted by Gasteiger charge is -2.08. The maximum atomic E-state index is 12.1. The Bertz CT molecular complexity index is 848. The molecule has 0 amide bonds. The summed E-state index contributed by atoms with van der Waals surface area (Å²) in [6.45, 7) is 3.88. The standard InChI is InChI=1S/C20H22N2O5/c1-14-9-10-16(15(2)12-14)19(23)13-27-20(24)8-5-11-21-17-6-3-4-7-18(17)22(25)26/h3-4,6-7,9-10,12,21H,5,8,11,13H2,1-2H3. The average Bonchev–Trinajstić information content (AvgIpc) is 2.63. The largest absolute Gasteiger partial charge is 0.457 e. The van der Waals surface area contributed by atoms with Crippen molar-refractivity contribution in [2.45, 2.75) is 26.7 Å². The molecule has 0 bridgehead atoms. The van der Waals surface area contributed by atoms with Crippen molar-refractivity contribution in [1.29, 1.82) is 0 Å². The number of aryl methyl sites for hydroxylation is 2. The van der Waals surface area contributed by atoms with Crippen LogP contribution in [0.25, 0.3) is 0 Å². The van der Waals surface area contributed by atoms with E-state index in [1.165, 1.54) is 6.07 Å². The molecule has 0 atom stereocenters. The van der Waals surface area contributed by atoms with Crippen molar-refractivity contribution < 1.29 is 19.2 Å². The SMILES string of the molecule is Cc1ccc(C(=O)COC(=O)CCCNc2ccccc2[N+](=O)[O-])c(C)c1. The Morgan fingerprint density at radius 2 is 1.89 bits per heavy atom. The number of nitro groups is 1. The van der Waals surface area contributed by atoms with Gasteiger partial charge < -0.3 is 10.1 Å². The zero-order valence-electron chi connectivity index (χ0n) is 15.4. The number of para-hydroxylation sites is 2. The molecule has 2 aromatic rings. The number of benzene rings is 2. The van der Waals surface area contributed by atoms with Gasteiger partial charge in [-0.2, -0.15) is 0 Å². The Balaban J connectivity index is 1.74. The van der Waals surface area contributed by atoms with Crippen LogP contribution in [0.1, 0.15) is 34.3 Å². The number of rotatable bonds is 9. The Morgan fingerprint density at radius 3 is 2.59 bits per heavy atom. The van der Waals surface area contributed by atoms with Gasteiger partial charge in [0.25, 0.3) is 5.69 Å². The second-order valence-corrected chi connectivity index (χ2v) is 6.21. The first-order valence-corrected chi connectivity index (χ1v) is 8.62. The summed E-state index contributed by atoms with van der Waals surface area (Å²) in [6, 6.07) is 11.8. The van der Waals surface area contributed by atoms with Crippen LogP contribution in [0.2, 0.25) is 0 Å². The molecular weight excluding hydrogens is 348 g/mol. The summed E-state index contributed by atoms with van der Waals surface area (Å²) in [6.07, 6.45) is 0.552. The molecule has 2 rings (SSSR count). The highest BCUT2D eigenvalue weighted by molar-refractivity contribution is 5.99. The normalized spacial score (nSPS) is 10.3. The molecule has 0 unspecified atom stereocenters. The van der Waals surface area contributed by atoms with Gasteiger partial charge in [0.05, 0.1) is 4.92 Å². The highest BCUT2D eigenvalue weighted by Crippen LogP contribution is 2.23. The van der Waals surface area contributed by atoms with Gasteiger partial charge in [0.2, 0.25) is 5.78 Å². The van der Waals surface area contributed by atoms with Gasteiger partial charge in [-0.3, -0.25) is 19.7 Å². The fourth-order valence-corrected chi connectivity index (χ4v) is 2.66. The lowest BCUT2D eigenvalue weighted by atomic mass is 10.0. The number of ether oxygens (including phenoxy) is 1. The molecule has 0 spiro atoms. The van der Waals surface area contributed by atoms with E-state index in [1.807, 2.05) is 26.0 Å². The minimum absolute atomic E-state index is 0.0147. The van der Waals surface area contributed by atoms with Crippen LogP contribution in [-0.2, 0) is 9.53 Å². The minimum Gasteiger partial charge on any atom is -0.457 e. The Kier molecular flexibility index (Phi) is 7.05. The van der Waals surface area contributed by atoms with E-state index in [-0.39, 0.29) is 24.5 Å². The van der Waals surface area contributed by atoms with Crippen LogP contribution >= 0.6 is 0 Å². The molecule has 27 heavy (non-hydrogen) atoms. The third kappa shape index (κ3) is 5.91. The third-order valence-electron chi connectivity index (χ3n) is 4.02. The van der Waals surface area contributed by atoms with E-state index in [0.29, 0.717) is 24.2 Å². The number of nitrogens with zero attached hydrogens (tertiary/aromatic N) is 1. The van der Waals surface area contributed by atoms with Gasteiger partial charge in [-0.05, 0) is 31.9 Å². The topological polar surface area (TPSA) is 98.5 Å². The fraction of sp³-hybridized carbons (Fsp3) is 0.300. The van der Waals surface area contributed by atoms with Crippen molar-refractivity contribution in [2.75, 3.05) is 18.5 Å². The first-order chi connectivity index (χ1) is 12.9. The number of esters is 1. The number of anilines is 1. The second kappa shape index (κ2) is 9.47. The number of nitrogens with one attached hydrogen (secondary N) is 1. The van der Waals surface area contributed by atoms with Crippen molar-refractivity contribution in [2.24, 2.45) is 0 Å². The molecule has 7 heteroatoms. The Labute approximate surface area is 157 Å². The summed E-state index contributed by atoms with van der Waals surface area (Å²) in [5.74, 6) is -0.712. The maximum absolute atomic E-state index is 12.1. The fourth-order valence-electron chi connectivity index (χ4n) is 2.66. The van der Waals surface area contributed by atoms with Crippen molar-refractivity contribution in [3.63, 3.8) is 0 Å². The number of carbonyl (C=O) groups is 2. The lowest BCUT2D eigenvalue weighted by molar-refractivity contribution is -0.384. The van der Waals surface area contributed by atoms with E-state index in [0.717, 1.165) is 11.1 Å². The van der Waals surface area contributed by atoms with Crippen LogP contribution in [0.4, 0.5) is 11.4 Å². The van der Waals surface area contributed by atoms with Crippen molar-refractivity contribution in [3.8, 4) is 0 Å². The van der Waals surface area contributed by atoms with Gasteiger partial charge in [-0.1, -0.05) is 35.9 Å². The molecule has 142 valence electrons. The number of Topliss-reactive ketones (excluding diaryl/α,β-unsaturated/α-hetero) is 1. The van der Waals surface area contributed by atoms with E-state index < -0.39 is 10.9 Å². The van der Waals surface area contributed by atoms with E-state index in [4.69, 9.17) is 4.74 Å². The van der Waals surface area contributed by atoms with E-state index in [1.54, 1.807) is 24.3 Å². The first-order valence-electron chi connectivity index (χ1n) is 8.62. The molecule has 0 aliphatic rings. The molecule has 0 heterocycles. The van der Waals surface area contributed by atoms with Crippen LogP contribution in [-0.4, -0.2) is 29.8 Å². The van der Waals surface area contributed by atoms with E-state index in [9.17, 15) is 19.7 Å². The number of hydrogen-bond donors (Lipinski definition) is 1. The summed E-state index contributed by atoms with van der Waals surface area (Å²) in [5, 5.41) is 13.9. The van der Waals surface area contributed by atoms with Gasteiger partial charge in [-0.25, -0.2) is 0 Å². The predicted octanol–water partition coefficient (Wildman–Crippen LogP) is 3.83. The Hall–Kier alpha value is -3.22. The zero-order valence-corrected chi connectivity index (χ0v) is 15.4. The monoisotopic (exact) mass is 370 g/mol. The van der Waals surface area contributed by atoms with Gasteiger partial charge in [0.1, 0.15) is 5.69 Å². The molecule has 0 fully saturated rings. The molecule has 1 N–H and O–H groups in total. The molecule has 0 aliphatic carbocycles. The minimum atomic E-state index is -0.475. The molecule has 7 nitrogen and oxygen atoms in total. The summed E-state index contributed by atoms with van der Waals surface area (Å²) in [7, 11) is 0. The van der Waals surface area contributed by atoms with Crippen molar-refractivity contribution >= 4 is 23.1 Å². The van der Waals surface area contributed by atoms with Gasteiger partial charge in [0.15, 0.2) is 6.61 Å². The lowest BCUT2D eigenvalue weighted by Crippen LogP contribution is -2.16. The number of nitro benzene ring substituents is 1. The summed E-state index contributed by atoms with van der Waals surface area (Å²) in [5.41, 5.74) is 2.85. The number of ketones is 1. The molecule has 0 aliphatic heterocycles. The van der Waals surface area contributed by atoms with Crippen LogP contribution < -0.4 is 5.32 Å². The third-order valence-corrected chi connectivity index (χ3v) is 4.02. The summed E-state index contributed by atoms with van der Waals surface area (Å²) in [4.78, 5) is 34.4. The van der Waals surface area contributed by atoms with Crippen molar-refractivity contribution in [3.05, 3.63) is 69.3 Å². The van der Waals surface area contributed by atoms with Crippen LogP contribution in [0, 0.1) is 24.0 Å². The van der Waals surface area contributed by atoms with Crippen LogP contribution in [0.5, 0.6) is 0 Å². The smallest absolute Gasteiger partial charge is 0.306 e. The molecule has 2 aromatic carbocycles. The van der Waals surface area contributed by atoms with Gasteiger partial charge in [0, 0.05) is 24.6 Å². The molecule has 0 radical (unpaired) electrons. The maximum Gasteiger partial charge on any atom is 0.306 e. The van der Waals surface area contributed by atoms with E-state index >= 15 is 0 Å². The quantitative estimate of drug-likeness (QED) is 0.237. The van der Waals surface area contributed by atoms with Gasteiger partial charge in [-0.15, -0.1) is 0 Å². The molecule has 0 saturated heterocycles. The van der Waals surface area contributed by atoms with E-state index in [2.05, 4.69) is 5.32 Å². The number of hydrogen-bond acceptors (Lipinski definition) is 6. The predicted molar refractivity (Wildman–Crippen MR) is 102 cm³/mol. The first kappa shape index (κ1) is 20.1. The highest BCUT2D eigenvalue weighted by Gasteiger charge is 2.13. The molecule has 0 aromatic heterocycles. The van der Waals surface area contributed by atoms with Gasteiger partial charge >= 0.3 is 5.97 Å². The molecule has 0 saturated carbocycles. The van der Waals surface area contributed by atoms with Crippen LogP contribution in [0.15, 0.2) is 42.5 Å². The molecular formula is C20H22N2O5. The zero-order chi connectivity index (χ0) is 19.8. The highest BCUT2D eigenvalue weighted by atomic mass is 16.6. The van der Waals surface area contributed by atoms with Crippen molar-refractivity contribution in [1.82, 2.24) is 0 Å². The Morgan fingerprint density at radius 1 is 1.15 bits per heavy atom. The summed E-state index contributed by atoms with van der Waals surface area (Å²) >= 11 is 0. The summed E-state index contributed by atoms with van der Waals surface area (Å²) < 4.78 is 5.03. The van der Waals surface area contributed by atoms with Crippen LogP contribution in [0.3, 0.4) is 0 Å².